The van der Waals surface area contributed by atoms with E-state index in [1.165, 1.54) is 0 Å². The summed E-state index contributed by atoms with van der Waals surface area (Å²) in [6.07, 6.45) is 3.60. The van der Waals surface area contributed by atoms with Gasteiger partial charge >= 0.3 is 0 Å². The number of ether oxygens (including phenoxy) is 1. The van der Waals surface area contributed by atoms with Crippen LogP contribution in [0.25, 0.3) is 0 Å². The van der Waals surface area contributed by atoms with Crippen LogP contribution in [0.2, 0.25) is 0 Å². The molecule has 1 fully saturated rings. The van der Waals surface area contributed by atoms with Gasteiger partial charge < -0.3 is 9.64 Å². The van der Waals surface area contributed by atoms with E-state index in [0.717, 1.165) is 48.9 Å². The van der Waals surface area contributed by atoms with Crippen LogP contribution < -0.4 is 9.64 Å². The van der Waals surface area contributed by atoms with Crippen LogP contribution in [0.4, 0.5) is 5.69 Å². The van der Waals surface area contributed by atoms with E-state index >= 15 is 0 Å². The van der Waals surface area contributed by atoms with Crippen molar-refractivity contribution in [2.75, 3.05) is 38.2 Å². The van der Waals surface area contributed by atoms with Crippen LogP contribution in [0, 0.1) is 0 Å². The van der Waals surface area contributed by atoms with Crippen molar-refractivity contribution in [3.05, 3.63) is 54.4 Å². The molecule has 0 saturated carbocycles. The number of benzene rings is 1. The zero-order chi connectivity index (χ0) is 16.1. The standard InChI is InChI=1S/C18H22N4O/c1-15(16-7-9-19-10-8-16)20-22-13-11-21(12-14-22)17-5-3-4-6-18(17)23-2/h3-10H,11-14H2,1-2H3/b20-15-. The van der Waals surface area contributed by atoms with Crippen molar-refractivity contribution in [3.8, 4) is 5.75 Å². The molecule has 2 heterocycles. The van der Waals surface area contributed by atoms with Crippen LogP contribution in [0.1, 0.15) is 12.5 Å². The maximum Gasteiger partial charge on any atom is 0.142 e. The molecule has 23 heavy (non-hydrogen) atoms. The van der Waals surface area contributed by atoms with E-state index in [1.54, 1.807) is 19.5 Å². The summed E-state index contributed by atoms with van der Waals surface area (Å²) in [6.45, 7) is 5.73. The molecule has 0 atom stereocenters. The lowest BCUT2D eigenvalue weighted by molar-refractivity contribution is 0.269. The molecule has 0 bridgehead atoms. The molecule has 1 aromatic carbocycles. The van der Waals surface area contributed by atoms with Gasteiger partial charge in [0.05, 0.1) is 31.6 Å². The zero-order valence-electron chi connectivity index (χ0n) is 13.6. The van der Waals surface area contributed by atoms with Crippen LogP contribution >= 0.6 is 0 Å². The predicted molar refractivity (Wildman–Crippen MR) is 93.2 cm³/mol. The lowest BCUT2D eigenvalue weighted by atomic mass is 10.2. The van der Waals surface area contributed by atoms with E-state index in [-0.39, 0.29) is 0 Å². The summed E-state index contributed by atoms with van der Waals surface area (Å²) < 4.78 is 5.46. The van der Waals surface area contributed by atoms with Crippen LogP contribution in [-0.4, -0.2) is 49.0 Å². The minimum Gasteiger partial charge on any atom is -0.495 e. The van der Waals surface area contributed by atoms with Gasteiger partial charge in [-0.2, -0.15) is 5.10 Å². The third kappa shape index (κ3) is 3.62. The van der Waals surface area contributed by atoms with E-state index in [1.807, 2.05) is 31.2 Å². The number of hydrogen-bond acceptors (Lipinski definition) is 5. The molecular weight excluding hydrogens is 288 g/mol. The lowest BCUT2D eigenvalue weighted by Gasteiger charge is -2.35. The van der Waals surface area contributed by atoms with Crippen LogP contribution in [0.15, 0.2) is 53.9 Å². The normalized spacial score (nSPS) is 15.7. The van der Waals surface area contributed by atoms with Crippen molar-refractivity contribution in [2.24, 2.45) is 5.10 Å². The van der Waals surface area contributed by atoms with Gasteiger partial charge in [-0.3, -0.25) is 9.99 Å². The Morgan fingerprint density at radius 1 is 1.04 bits per heavy atom. The Bertz CT molecular complexity index is 664. The molecule has 120 valence electrons. The Kier molecular flexibility index (Phi) is 4.76. The SMILES string of the molecule is COc1ccccc1N1CCN(/N=C(/C)c2ccncc2)CC1. The molecule has 1 aliphatic rings. The molecule has 0 unspecified atom stereocenters. The Morgan fingerprint density at radius 3 is 2.43 bits per heavy atom. The van der Waals surface area contributed by atoms with Crippen LogP contribution in [0.5, 0.6) is 5.75 Å². The summed E-state index contributed by atoms with van der Waals surface area (Å²) in [4.78, 5) is 6.40. The van der Waals surface area contributed by atoms with Gasteiger partial charge in [0, 0.05) is 31.0 Å². The van der Waals surface area contributed by atoms with Crippen LogP contribution in [-0.2, 0) is 0 Å². The fourth-order valence-electron chi connectivity index (χ4n) is 2.79. The van der Waals surface area contributed by atoms with Crippen LogP contribution in [0.3, 0.4) is 0 Å². The molecule has 2 aromatic rings. The van der Waals surface area contributed by atoms with E-state index in [0.29, 0.717) is 0 Å². The Hall–Kier alpha value is -2.56. The zero-order valence-corrected chi connectivity index (χ0v) is 13.6. The van der Waals surface area contributed by atoms with E-state index in [9.17, 15) is 0 Å². The smallest absolute Gasteiger partial charge is 0.142 e. The van der Waals surface area contributed by atoms with Gasteiger partial charge in [-0.25, -0.2) is 0 Å². The van der Waals surface area contributed by atoms with Gasteiger partial charge in [-0.05, 0) is 31.2 Å². The highest BCUT2D eigenvalue weighted by Crippen LogP contribution is 2.28. The first kappa shape index (κ1) is 15.3. The maximum absolute atomic E-state index is 5.46. The van der Waals surface area contributed by atoms with Gasteiger partial charge in [0.15, 0.2) is 0 Å². The van der Waals surface area contributed by atoms with Gasteiger partial charge in [0.1, 0.15) is 5.75 Å². The molecule has 5 nitrogen and oxygen atoms in total. The first-order valence-corrected chi connectivity index (χ1v) is 7.86. The van der Waals surface area contributed by atoms with Crippen molar-refractivity contribution >= 4 is 11.4 Å². The van der Waals surface area contributed by atoms with Gasteiger partial charge in [0.2, 0.25) is 0 Å². The molecule has 1 aromatic heterocycles. The molecule has 0 radical (unpaired) electrons. The van der Waals surface area contributed by atoms with Gasteiger partial charge in [0.25, 0.3) is 0 Å². The molecule has 0 N–H and O–H groups in total. The Labute approximate surface area is 137 Å². The second-order valence-corrected chi connectivity index (χ2v) is 5.53. The number of pyridine rings is 1. The van der Waals surface area contributed by atoms with Crippen molar-refractivity contribution in [2.45, 2.75) is 6.92 Å². The van der Waals surface area contributed by atoms with Crippen molar-refractivity contribution in [1.82, 2.24) is 9.99 Å². The Balaban J connectivity index is 1.65. The number of rotatable bonds is 4. The summed E-state index contributed by atoms with van der Waals surface area (Å²) >= 11 is 0. The quantitative estimate of drug-likeness (QED) is 0.814. The third-order valence-corrected chi connectivity index (χ3v) is 4.07. The number of hydrazone groups is 1. The first-order valence-electron chi connectivity index (χ1n) is 7.86. The van der Waals surface area contributed by atoms with Gasteiger partial charge in [-0.15, -0.1) is 0 Å². The summed E-state index contributed by atoms with van der Waals surface area (Å²) in [5.74, 6) is 0.928. The fourth-order valence-corrected chi connectivity index (χ4v) is 2.79. The molecule has 1 saturated heterocycles. The number of nitrogens with zero attached hydrogens (tertiary/aromatic N) is 4. The predicted octanol–water partition coefficient (Wildman–Crippen LogP) is 2.64. The summed E-state index contributed by atoms with van der Waals surface area (Å²) in [6, 6.07) is 12.2. The molecule has 0 amide bonds. The highest BCUT2D eigenvalue weighted by Gasteiger charge is 2.18. The van der Waals surface area contributed by atoms with Crippen molar-refractivity contribution in [1.29, 1.82) is 0 Å². The second-order valence-electron chi connectivity index (χ2n) is 5.53. The maximum atomic E-state index is 5.46. The summed E-state index contributed by atoms with van der Waals surface area (Å²) in [5, 5.41) is 6.88. The molecule has 0 spiro atoms. The highest BCUT2D eigenvalue weighted by atomic mass is 16.5. The average molecular weight is 310 g/mol. The number of hydrogen-bond donors (Lipinski definition) is 0. The number of aromatic nitrogens is 1. The second kappa shape index (κ2) is 7.13. The Morgan fingerprint density at radius 2 is 1.74 bits per heavy atom. The molecule has 5 heteroatoms. The van der Waals surface area contributed by atoms with Crippen molar-refractivity contribution in [3.63, 3.8) is 0 Å². The largest absolute Gasteiger partial charge is 0.495 e. The van der Waals surface area contributed by atoms with Gasteiger partial charge in [-0.1, -0.05) is 12.1 Å². The minimum atomic E-state index is 0.903. The third-order valence-electron chi connectivity index (χ3n) is 4.07. The fraction of sp³-hybridized carbons (Fsp3) is 0.333. The average Bonchev–Trinajstić information content (AvgIpc) is 2.63. The summed E-state index contributed by atoms with van der Waals surface area (Å²) in [5.41, 5.74) is 3.30. The first-order chi connectivity index (χ1) is 11.3. The number of methoxy groups -OCH3 is 1. The molecule has 3 rings (SSSR count). The number of anilines is 1. The minimum absolute atomic E-state index is 0.903. The molecule has 0 aliphatic carbocycles. The lowest BCUT2D eigenvalue weighted by Crippen LogP contribution is -2.44. The van der Waals surface area contributed by atoms with Crippen molar-refractivity contribution < 1.29 is 4.74 Å². The topological polar surface area (TPSA) is 41.0 Å². The van der Waals surface area contributed by atoms with E-state index < -0.39 is 0 Å². The molecular formula is C18H22N4O. The monoisotopic (exact) mass is 310 g/mol. The molecule has 1 aliphatic heterocycles. The number of para-hydroxylation sites is 2. The number of piperazine rings is 1. The summed E-state index contributed by atoms with van der Waals surface area (Å²) in [7, 11) is 1.72. The highest BCUT2D eigenvalue weighted by molar-refractivity contribution is 5.98. The van der Waals surface area contributed by atoms with E-state index in [2.05, 4.69) is 27.0 Å². The van der Waals surface area contributed by atoms with E-state index in [4.69, 9.17) is 9.84 Å².